The third kappa shape index (κ3) is 5.84. The normalized spacial score (nSPS) is 14.8. The number of hydrogen-bond donors (Lipinski definition) is 2. The molecule has 182 valence electrons. The van der Waals surface area contributed by atoms with E-state index in [-0.39, 0.29) is 5.50 Å². The topological polar surface area (TPSA) is 84.9 Å². The Morgan fingerprint density at radius 1 is 1.03 bits per heavy atom. The lowest BCUT2D eigenvalue weighted by atomic mass is 10.1. The van der Waals surface area contributed by atoms with Crippen LogP contribution in [0.3, 0.4) is 0 Å². The van der Waals surface area contributed by atoms with E-state index in [1.807, 2.05) is 60.8 Å². The summed E-state index contributed by atoms with van der Waals surface area (Å²) in [6.07, 6.45) is 7.95. The number of rotatable bonds is 9. The molecule has 2 aromatic carbocycles. The number of nitrogens with one attached hydrogen (secondary N) is 2. The second-order valence-corrected chi connectivity index (χ2v) is 9.65. The molecule has 1 aliphatic heterocycles. The number of halogens is 1. The summed E-state index contributed by atoms with van der Waals surface area (Å²) in [5, 5.41) is 7.41. The summed E-state index contributed by atoms with van der Waals surface area (Å²) < 4.78 is 6.05. The standard InChI is InChI=1S/C27H25ClN6OS/c1-2-10-31-27-32-16-25(36-27)23-14-22(33-26(34-23)24-15-29-11-12-30-24)20-13-19(8-9-21(20)28)35-17-18-6-4-3-5-7-18/h3-9,11-16,27,31-32H,2,10,17H2,1H3. The Balaban J connectivity index is 1.49. The minimum absolute atomic E-state index is 0.0941. The van der Waals surface area contributed by atoms with Crippen LogP contribution in [0.2, 0.25) is 5.02 Å². The number of thioether (sulfide) groups is 1. The zero-order valence-corrected chi connectivity index (χ0v) is 21.3. The second kappa shape index (κ2) is 11.5. The van der Waals surface area contributed by atoms with E-state index in [2.05, 4.69) is 27.5 Å². The highest BCUT2D eigenvalue weighted by atomic mass is 35.5. The molecule has 0 spiro atoms. The molecule has 2 aromatic heterocycles. The van der Waals surface area contributed by atoms with Crippen molar-refractivity contribution in [3.05, 3.63) is 95.7 Å². The first kappa shape index (κ1) is 24.2. The Morgan fingerprint density at radius 3 is 2.69 bits per heavy atom. The van der Waals surface area contributed by atoms with Gasteiger partial charge in [0.25, 0.3) is 0 Å². The molecule has 7 nitrogen and oxygen atoms in total. The van der Waals surface area contributed by atoms with Gasteiger partial charge in [-0.1, -0.05) is 60.6 Å². The first-order valence-corrected chi connectivity index (χ1v) is 12.9. The molecule has 0 fully saturated rings. The molecule has 9 heteroatoms. The van der Waals surface area contributed by atoms with Gasteiger partial charge in [0.05, 0.1) is 27.5 Å². The van der Waals surface area contributed by atoms with Crippen molar-refractivity contribution in [2.75, 3.05) is 6.54 Å². The Kier molecular flexibility index (Phi) is 7.76. The molecule has 0 bridgehead atoms. The molecule has 0 aliphatic carbocycles. The molecule has 0 amide bonds. The first-order chi connectivity index (χ1) is 17.7. The molecular weight excluding hydrogens is 492 g/mol. The summed E-state index contributed by atoms with van der Waals surface area (Å²) in [6.45, 7) is 3.53. The van der Waals surface area contributed by atoms with Crippen molar-refractivity contribution in [2.45, 2.75) is 25.4 Å². The lowest BCUT2D eigenvalue weighted by molar-refractivity contribution is 0.306. The molecule has 3 heterocycles. The minimum atomic E-state index is 0.0941. The smallest absolute Gasteiger partial charge is 0.180 e. The summed E-state index contributed by atoms with van der Waals surface area (Å²) in [5.74, 6) is 1.19. The van der Waals surface area contributed by atoms with Gasteiger partial charge in [0.1, 0.15) is 23.5 Å². The number of benzene rings is 2. The van der Waals surface area contributed by atoms with Crippen molar-refractivity contribution in [3.63, 3.8) is 0 Å². The second-order valence-electron chi connectivity index (χ2n) is 8.10. The monoisotopic (exact) mass is 516 g/mol. The van der Waals surface area contributed by atoms with Crippen LogP contribution < -0.4 is 15.4 Å². The largest absolute Gasteiger partial charge is 0.489 e. The van der Waals surface area contributed by atoms with E-state index in [9.17, 15) is 0 Å². The quantitative estimate of drug-likeness (QED) is 0.291. The molecule has 5 rings (SSSR count). The molecule has 1 aliphatic rings. The van der Waals surface area contributed by atoms with E-state index in [1.54, 1.807) is 30.4 Å². The van der Waals surface area contributed by atoms with E-state index in [0.717, 1.165) is 34.7 Å². The predicted molar refractivity (Wildman–Crippen MR) is 145 cm³/mol. The van der Waals surface area contributed by atoms with Crippen LogP contribution in [0.4, 0.5) is 0 Å². The van der Waals surface area contributed by atoms with Crippen molar-refractivity contribution in [1.82, 2.24) is 30.6 Å². The zero-order chi connectivity index (χ0) is 24.7. The predicted octanol–water partition coefficient (Wildman–Crippen LogP) is 5.75. The summed E-state index contributed by atoms with van der Waals surface area (Å²) in [6, 6.07) is 17.6. The first-order valence-electron chi connectivity index (χ1n) is 11.7. The number of hydrogen-bond acceptors (Lipinski definition) is 8. The van der Waals surface area contributed by atoms with Crippen molar-refractivity contribution < 1.29 is 4.74 Å². The fourth-order valence-electron chi connectivity index (χ4n) is 3.63. The fourth-order valence-corrected chi connectivity index (χ4v) is 4.80. The summed E-state index contributed by atoms with van der Waals surface area (Å²) >= 11 is 8.33. The van der Waals surface area contributed by atoms with E-state index in [4.69, 9.17) is 26.3 Å². The maximum absolute atomic E-state index is 6.65. The third-order valence-electron chi connectivity index (χ3n) is 5.42. The van der Waals surface area contributed by atoms with Crippen LogP contribution in [0.25, 0.3) is 27.7 Å². The van der Waals surface area contributed by atoms with Gasteiger partial charge in [-0.2, -0.15) is 0 Å². The van der Waals surface area contributed by atoms with Crippen molar-refractivity contribution >= 4 is 28.3 Å². The lowest BCUT2D eigenvalue weighted by Gasteiger charge is -2.13. The Bertz CT molecular complexity index is 1350. The van der Waals surface area contributed by atoms with Crippen molar-refractivity contribution in [1.29, 1.82) is 0 Å². The third-order valence-corrected chi connectivity index (χ3v) is 6.87. The Labute approximate surface area is 219 Å². The van der Waals surface area contributed by atoms with Gasteiger partial charge in [0, 0.05) is 24.2 Å². The van der Waals surface area contributed by atoms with Crippen LogP contribution in [-0.4, -0.2) is 32.0 Å². The van der Waals surface area contributed by atoms with Gasteiger partial charge in [-0.05, 0) is 42.8 Å². The van der Waals surface area contributed by atoms with Gasteiger partial charge in [0.2, 0.25) is 0 Å². The minimum Gasteiger partial charge on any atom is -0.489 e. The molecule has 0 saturated carbocycles. The number of aromatic nitrogens is 4. The maximum Gasteiger partial charge on any atom is 0.180 e. The SMILES string of the molecule is CCCNC1NC=C(c2cc(-c3cc(OCc4ccccc4)ccc3Cl)nc(-c3cnccn3)n2)S1. The number of nitrogens with zero attached hydrogens (tertiary/aromatic N) is 4. The van der Waals surface area contributed by atoms with E-state index >= 15 is 0 Å². The highest BCUT2D eigenvalue weighted by Gasteiger charge is 2.21. The molecular formula is C27H25ClN6OS. The van der Waals surface area contributed by atoms with Crippen LogP contribution in [0.1, 0.15) is 24.6 Å². The fraction of sp³-hybridized carbons (Fsp3) is 0.185. The van der Waals surface area contributed by atoms with Gasteiger partial charge in [-0.25, -0.2) is 15.0 Å². The summed E-state index contributed by atoms with van der Waals surface area (Å²) in [7, 11) is 0. The molecule has 0 radical (unpaired) electrons. The van der Waals surface area contributed by atoms with Gasteiger partial charge < -0.3 is 10.1 Å². The average Bonchev–Trinajstić information content (AvgIpc) is 3.41. The average molecular weight is 517 g/mol. The highest BCUT2D eigenvalue weighted by molar-refractivity contribution is 8.09. The van der Waals surface area contributed by atoms with E-state index in [0.29, 0.717) is 34.6 Å². The van der Waals surface area contributed by atoms with Gasteiger partial charge in [0.15, 0.2) is 5.82 Å². The van der Waals surface area contributed by atoms with Gasteiger partial charge in [-0.3, -0.25) is 10.3 Å². The molecule has 1 atom stereocenters. The summed E-state index contributed by atoms with van der Waals surface area (Å²) in [5.41, 5.74) is 4.00. The Morgan fingerprint density at radius 2 is 1.89 bits per heavy atom. The van der Waals surface area contributed by atoms with Crippen LogP contribution in [0.15, 0.2) is 79.4 Å². The van der Waals surface area contributed by atoms with Crippen LogP contribution in [0, 0.1) is 0 Å². The van der Waals surface area contributed by atoms with E-state index < -0.39 is 0 Å². The van der Waals surface area contributed by atoms with Gasteiger partial charge in [-0.15, -0.1) is 0 Å². The summed E-state index contributed by atoms with van der Waals surface area (Å²) in [4.78, 5) is 19.2. The molecule has 2 N–H and O–H groups in total. The maximum atomic E-state index is 6.65. The molecule has 36 heavy (non-hydrogen) atoms. The van der Waals surface area contributed by atoms with E-state index in [1.165, 1.54) is 0 Å². The lowest BCUT2D eigenvalue weighted by Crippen LogP contribution is -2.34. The van der Waals surface area contributed by atoms with Crippen molar-refractivity contribution in [3.8, 4) is 28.5 Å². The van der Waals surface area contributed by atoms with Gasteiger partial charge >= 0.3 is 0 Å². The highest BCUT2D eigenvalue weighted by Crippen LogP contribution is 2.37. The zero-order valence-electron chi connectivity index (χ0n) is 19.7. The number of ether oxygens (including phenoxy) is 1. The van der Waals surface area contributed by atoms with Crippen LogP contribution in [-0.2, 0) is 6.61 Å². The van der Waals surface area contributed by atoms with Crippen LogP contribution >= 0.6 is 23.4 Å². The van der Waals surface area contributed by atoms with Crippen molar-refractivity contribution in [2.24, 2.45) is 0 Å². The Hall–Kier alpha value is -3.46. The molecule has 1 unspecified atom stereocenters. The van der Waals surface area contributed by atoms with Crippen LogP contribution in [0.5, 0.6) is 5.75 Å². The molecule has 0 saturated heterocycles. The molecule has 4 aromatic rings.